The first-order valence-corrected chi connectivity index (χ1v) is 12.5. The number of para-hydroxylation sites is 1. The van der Waals surface area contributed by atoms with Crippen LogP contribution in [0.25, 0.3) is 6.08 Å². The van der Waals surface area contributed by atoms with E-state index in [-0.39, 0.29) is 11.8 Å². The average molecular weight is 465 g/mol. The number of hydrogen-bond acceptors (Lipinski definition) is 4. The number of unbranched alkanes of at least 4 members (excludes halogenated alkanes) is 2. The molecule has 2 aromatic rings. The zero-order valence-electron chi connectivity index (χ0n) is 18.4. The fourth-order valence-electron chi connectivity index (χ4n) is 4.16. The van der Waals surface area contributed by atoms with Gasteiger partial charge in [-0.05, 0) is 55.9 Å². The number of hydrogen-bond donors (Lipinski definition) is 0. The van der Waals surface area contributed by atoms with E-state index >= 15 is 0 Å². The van der Waals surface area contributed by atoms with Gasteiger partial charge in [-0.1, -0.05) is 78.4 Å². The van der Waals surface area contributed by atoms with E-state index in [0.717, 1.165) is 49.9 Å². The van der Waals surface area contributed by atoms with Crippen LogP contribution in [0, 0.1) is 6.92 Å². The molecule has 2 heterocycles. The van der Waals surface area contributed by atoms with Crippen LogP contribution in [0.2, 0.25) is 0 Å². The highest BCUT2D eigenvalue weighted by molar-refractivity contribution is 8.26. The third-order valence-corrected chi connectivity index (χ3v) is 7.31. The van der Waals surface area contributed by atoms with Crippen LogP contribution < -0.4 is 4.90 Å². The molecule has 0 radical (unpaired) electrons. The molecule has 0 aliphatic carbocycles. The smallest absolute Gasteiger partial charge is 0.266 e. The minimum Gasteiger partial charge on any atom is -0.312 e. The van der Waals surface area contributed by atoms with Crippen molar-refractivity contribution in [3.8, 4) is 0 Å². The van der Waals surface area contributed by atoms with E-state index in [0.29, 0.717) is 22.2 Å². The van der Waals surface area contributed by atoms with Crippen LogP contribution in [0.3, 0.4) is 0 Å². The summed E-state index contributed by atoms with van der Waals surface area (Å²) >= 11 is 6.81. The molecule has 2 aromatic carbocycles. The Morgan fingerprint density at radius 1 is 1.09 bits per heavy atom. The molecule has 4 nitrogen and oxygen atoms in total. The quantitative estimate of drug-likeness (QED) is 0.298. The summed E-state index contributed by atoms with van der Waals surface area (Å²) in [7, 11) is 0. The molecule has 1 fully saturated rings. The normalized spacial score (nSPS) is 17.2. The summed E-state index contributed by atoms with van der Waals surface area (Å²) in [6.07, 6.45) is 7.08. The van der Waals surface area contributed by atoms with Crippen molar-refractivity contribution in [1.82, 2.24) is 4.90 Å². The lowest BCUT2D eigenvalue weighted by Crippen LogP contribution is -2.35. The standard InChI is InChI=1S/C26H28N2O2S2/c1-19-12-14-20(15-13-19)18-23-25(30)28(26(31)32-23)16-6-2-3-11-24(29)27-17-7-9-21-8-4-5-10-22(21)27/h4-5,8,10,12-15,18H,2-3,6-7,9,11,16-17H2,1H3. The molecule has 4 rings (SSSR count). The van der Waals surface area contributed by atoms with Crippen LogP contribution in [-0.4, -0.2) is 34.1 Å². The Labute approximate surface area is 199 Å². The van der Waals surface area contributed by atoms with E-state index in [2.05, 4.69) is 6.07 Å². The number of fused-ring (bicyclic) bond motifs is 1. The summed E-state index contributed by atoms with van der Waals surface area (Å²) in [5, 5.41) is 0. The van der Waals surface area contributed by atoms with Gasteiger partial charge >= 0.3 is 0 Å². The summed E-state index contributed by atoms with van der Waals surface area (Å²) in [5.41, 5.74) is 4.54. The molecule has 166 valence electrons. The Balaban J connectivity index is 1.24. The van der Waals surface area contributed by atoms with E-state index in [1.165, 1.54) is 22.9 Å². The van der Waals surface area contributed by atoms with Crippen molar-refractivity contribution in [2.24, 2.45) is 0 Å². The fourth-order valence-corrected chi connectivity index (χ4v) is 5.47. The Morgan fingerprint density at radius 2 is 1.88 bits per heavy atom. The number of nitrogens with zero attached hydrogens (tertiary/aromatic N) is 2. The van der Waals surface area contributed by atoms with Crippen molar-refractivity contribution in [1.29, 1.82) is 0 Å². The van der Waals surface area contributed by atoms with Crippen molar-refractivity contribution in [2.75, 3.05) is 18.0 Å². The van der Waals surface area contributed by atoms with Crippen molar-refractivity contribution in [2.45, 2.75) is 45.4 Å². The van der Waals surface area contributed by atoms with Gasteiger partial charge in [0.15, 0.2) is 0 Å². The molecule has 0 aromatic heterocycles. The number of amides is 2. The number of carbonyl (C=O) groups is 2. The van der Waals surface area contributed by atoms with Crippen molar-refractivity contribution < 1.29 is 9.59 Å². The number of carbonyl (C=O) groups excluding carboxylic acids is 2. The molecule has 0 bridgehead atoms. The second kappa shape index (κ2) is 10.5. The third kappa shape index (κ3) is 5.30. The molecule has 1 saturated heterocycles. The monoisotopic (exact) mass is 464 g/mol. The molecule has 0 spiro atoms. The topological polar surface area (TPSA) is 40.6 Å². The zero-order chi connectivity index (χ0) is 22.5. The minimum atomic E-state index is -0.0124. The highest BCUT2D eigenvalue weighted by Gasteiger charge is 2.31. The molecule has 2 aliphatic rings. The average Bonchev–Trinajstić information content (AvgIpc) is 3.07. The van der Waals surface area contributed by atoms with Crippen LogP contribution in [0.5, 0.6) is 0 Å². The first-order chi connectivity index (χ1) is 15.5. The van der Waals surface area contributed by atoms with E-state index in [4.69, 9.17) is 12.2 Å². The summed E-state index contributed by atoms with van der Waals surface area (Å²) in [4.78, 5) is 29.8. The maximum Gasteiger partial charge on any atom is 0.266 e. The molecular formula is C26H28N2O2S2. The summed E-state index contributed by atoms with van der Waals surface area (Å²) in [5.74, 6) is 0.186. The lowest BCUT2D eigenvalue weighted by atomic mass is 10.0. The SMILES string of the molecule is Cc1ccc(C=C2SC(=S)N(CCCCCC(=O)N3CCCc4ccccc43)C2=O)cc1. The number of rotatable bonds is 7. The maximum absolute atomic E-state index is 12.8. The predicted molar refractivity (Wildman–Crippen MR) is 137 cm³/mol. The molecule has 32 heavy (non-hydrogen) atoms. The summed E-state index contributed by atoms with van der Waals surface area (Å²) < 4.78 is 0.620. The van der Waals surface area contributed by atoms with Gasteiger partial charge in [0.25, 0.3) is 5.91 Å². The van der Waals surface area contributed by atoms with Gasteiger partial charge in [-0.3, -0.25) is 14.5 Å². The molecule has 2 aliphatic heterocycles. The summed E-state index contributed by atoms with van der Waals surface area (Å²) in [6, 6.07) is 16.3. The number of anilines is 1. The van der Waals surface area contributed by atoms with Crippen LogP contribution in [-0.2, 0) is 16.0 Å². The Hall–Kier alpha value is -2.44. The van der Waals surface area contributed by atoms with Gasteiger partial charge in [0.1, 0.15) is 4.32 Å². The van der Waals surface area contributed by atoms with E-state index < -0.39 is 0 Å². The van der Waals surface area contributed by atoms with Gasteiger partial charge in [-0.25, -0.2) is 0 Å². The number of thioether (sulfide) groups is 1. The minimum absolute atomic E-state index is 0.0124. The molecule has 0 N–H and O–H groups in total. The highest BCUT2D eigenvalue weighted by Crippen LogP contribution is 2.33. The first kappa shape index (κ1) is 22.7. The van der Waals surface area contributed by atoms with E-state index in [1.54, 1.807) is 4.90 Å². The molecule has 0 saturated carbocycles. The molecule has 0 unspecified atom stereocenters. The van der Waals surface area contributed by atoms with Crippen LogP contribution in [0.1, 0.15) is 48.8 Å². The second-order valence-electron chi connectivity index (χ2n) is 8.33. The van der Waals surface area contributed by atoms with Gasteiger partial charge in [-0.2, -0.15) is 0 Å². The molecular weight excluding hydrogens is 436 g/mol. The Kier molecular flexibility index (Phi) is 7.43. The first-order valence-electron chi connectivity index (χ1n) is 11.2. The van der Waals surface area contributed by atoms with Gasteiger partial charge in [0.2, 0.25) is 5.91 Å². The highest BCUT2D eigenvalue weighted by atomic mass is 32.2. The largest absolute Gasteiger partial charge is 0.312 e. The molecule has 0 atom stereocenters. The fraction of sp³-hybridized carbons (Fsp3) is 0.346. The Morgan fingerprint density at radius 3 is 2.69 bits per heavy atom. The van der Waals surface area contributed by atoms with Gasteiger partial charge in [0.05, 0.1) is 4.91 Å². The zero-order valence-corrected chi connectivity index (χ0v) is 20.0. The lowest BCUT2D eigenvalue weighted by molar-refractivity contribution is -0.122. The second-order valence-corrected chi connectivity index (χ2v) is 10.0. The van der Waals surface area contributed by atoms with Crippen molar-refractivity contribution in [3.05, 3.63) is 70.1 Å². The third-order valence-electron chi connectivity index (χ3n) is 5.93. The van der Waals surface area contributed by atoms with E-state index in [9.17, 15) is 9.59 Å². The van der Waals surface area contributed by atoms with Crippen molar-refractivity contribution in [3.63, 3.8) is 0 Å². The Bertz CT molecular complexity index is 1050. The van der Waals surface area contributed by atoms with Gasteiger partial charge < -0.3 is 4.90 Å². The molecule has 2 amide bonds. The van der Waals surface area contributed by atoms with Crippen LogP contribution in [0.15, 0.2) is 53.4 Å². The van der Waals surface area contributed by atoms with E-state index in [1.807, 2.05) is 60.4 Å². The maximum atomic E-state index is 12.8. The lowest BCUT2D eigenvalue weighted by Gasteiger charge is -2.29. The summed E-state index contributed by atoms with van der Waals surface area (Å²) in [6.45, 7) is 3.46. The predicted octanol–water partition coefficient (Wildman–Crippen LogP) is 5.74. The van der Waals surface area contributed by atoms with Gasteiger partial charge in [-0.15, -0.1) is 0 Å². The molecule has 6 heteroatoms. The number of thiocarbonyl (C=S) groups is 1. The van der Waals surface area contributed by atoms with Gasteiger partial charge in [0, 0.05) is 25.2 Å². The van der Waals surface area contributed by atoms with Crippen LogP contribution in [0.4, 0.5) is 5.69 Å². The number of aryl methyl sites for hydroxylation is 2. The number of benzene rings is 2. The van der Waals surface area contributed by atoms with Crippen LogP contribution >= 0.6 is 24.0 Å². The van der Waals surface area contributed by atoms with Crippen molar-refractivity contribution >= 4 is 51.9 Å².